The minimum atomic E-state index is -0.496. The molecule has 2 aromatic carbocycles. The molecule has 0 bridgehead atoms. The fourth-order valence-corrected chi connectivity index (χ4v) is 3.56. The molecule has 0 fully saturated rings. The molecule has 154 valence electrons. The van der Waals surface area contributed by atoms with Gasteiger partial charge in [-0.3, -0.25) is 9.79 Å². The molecule has 3 rings (SSSR count). The molecule has 0 saturated carbocycles. The second-order valence-electron chi connectivity index (χ2n) is 7.28. The summed E-state index contributed by atoms with van der Waals surface area (Å²) in [5, 5.41) is 6.19. The summed E-state index contributed by atoms with van der Waals surface area (Å²) < 4.78 is 13.3. The molecule has 0 spiro atoms. The van der Waals surface area contributed by atoms with Gasteiger partial charge < -0.3 is 15.5 Å². The van der Waals surface area contributed by atoms with Gasteiger partial charge in [-0.15, -0.1) is 0 Å². The molecule has 1 atom stereocenters. The number of carbonyl (C=O) groups excluding carboxylic acids is 1. The molecule has 5 nitrogen and oxygen atoms in total. The summed E-state index contributed by atoms with van der Waals surface area (Å²) in [6.07, 6.45) is 2.73. The first kappa shape index (κ1) is 21.0. The Morgan fingerprint density at radius 2 is 2.00 bits per heavy atom. The Kier molecular flexibility index (Phi) is 6.99. The molecular formula is C23H29FN4O. The Labute approximate surface area is 172 Å². The summed E-state index contributed by atoms with van der Waals surface area (Å²) in [5.74, 6) is -1.04. The van der Waals surface area contributed by atoms with Crippen LogP contribution in [-0.4, -0.2) is 43.2 Å². The van der Waals surface area contributed by atoms with E-state index in [4.69, 9.17) is 0 Å². The molecule has 2 N–H and O–H groups in total. The van der Waals surface area contributed by atoms with Gasteiger partial charge in [0.05, 0.1) is 5.69 Å². The minimum absolute atomic E-state index is 0.183. The first-order valence-corrected chi connectivity index (χ1v) is 10.2. The van der Waals surface area contributed by atoms with E-state index in [1.165, 1.54) is 12.1 Å². The van der Waals surface area contributed by atoms with Crippen molar-refractivity contribution in [1.82, 2.24) is 4.90 Å². The first-order chi connectivity index (χ1) is 14.0. The number of benzene rings is 2. The van der Waals surface area contributed by atoms with Gasteiger partial charge >= 0.3 is 0 Å². The average Bonchev–Trinajstić information content (AvgIpc) is 3.01. The second kappa shape index (κ2) is 9.65. The maximum absolute atomic E-state index is 13.3. The number of rotatable bonds is 9. The second-order valence-corrected chi connectivity index (χ2v) is 7.28. The third-order valence-electron chi connectivity index (χ3n) is 5.33. The molecule has 0 aromatic heterocycles. The van der Waals surface area contributed by atoms with Crippen molar-refractivity contribution < 1.29 is 9.18 Å². The molecule has 1 aliphatic heterocycles. The first-order valence-electron chi connectivity index (χ1n) is 10.2. The lowest BCUT2D eigenvalue weighted by molar-refractivity contribution is -0.115. The van der Waals surface area contributed by atoms with Crippen LogP contribution in [0.1, 0.15) is 37.3 Å². The Morgan fingerprint density at radius 1 is 1.21 bits per heavy atom. The molecule has 0 saturated heterocycles. The summed E-state index contributed by atoms with van der Waals surface area (Å²) in [7, 11) is 0. The van der Waals surface area contributed by atoms with Gasteiger partial charge in [0, 0.05) is 24.1 Å². The van der Waals surface area contributed by atoms with E-state index in [2.05, 4.69) is 34.4 Å². The maximum atomic E-state index is 13.3. The van der Waals surface area contributed by atoms with Crippen LogP contribution in [0.4, 0.5) is 21.5 Å². The molecule has 1 amide bonds. The molecule has 1 heterocycles. The van der Waals surface area contributed by atoms with E-state index in [9.17, 15) is 9.18 Å². The predicted molar refractivity (Wildman–Crippen MR) is 118 cm³/mol. The molecular weight excluding hydrogens is 367 g/mol. The van der Waals surface area contributed by atoms with E-state index in [0.29, 0.717) is 5.69 Å². The molecule has 1 aliphatic rings. The monoisotopic (exact) mass is 396 g/mol. The number of nitrogens with zero attached hydrogens (tertiary/aromatic N) is 2. The van der Waals surface area contributed by atoms with E-state index in [1.54, 1.807) is 12.3 Å². The third-order valence-corrected chi connectivity index (χ3v) is 5.33. The van der Waals surface area contributed by atoms with Crippen molar-refractivity contribution in [2.45, 2.75) is 33.1 Å². The van der Waals surface area contributed by atoms with Gasteiger partial charge in [0.2, 0.25) is 5.91 Å². The van der Waals surface area contributed by atoms with Crippen LogP contribution >= 0.6 is 0 Å². The van der Waals surface area contributed by atoms with Crippen molar-refractivity contribution in [2.75, 3.05) is 36.8 Å². The number of carbonyl (C=O) groups is 1. The van der Waals surface area contributed by atoms with Crippen molar-refractivity contribution in [3.63, 3.8) is 0 Å². The lowest BCUT2D eigenvalue weighted by Gasteiger charge is -2.18. The Balaban J connectivity index is 1.60. The SMILES string of the molecule is CCN(CC)CCCNc1ccc(N=CC2C(=O)Nc3cc(F)ccc32)cc1C. The largest absolute Gasteiger partial charge is 0.385 e. The van der Waals surface area contributed by atoms with Crippen LogP contribution < -0.4 is 10.6 Å². The fourth-order valence-electron chi connectivity index (χ4n) is 3.56. The smallest absolute Gasteiger partial charge is 0.237 e. The molecule has 0 radical (unpaired) electrons. The van der Waals surface area contributed by atoms with Gasteiger partial charge in [-0.2, -0.15) is 0 Å². The molecule has 2 aromatic rings. The van der Waals surface area contributed by atoms with E-state index in [0.717, 1.165) is 55.1 Å². The third kappa shape index (κ3) is 5.21. The van der Waals surface area contributed by atoms with Gasteiger partial charge in [-0.1, -0.05) is 19.9 Å². The van der Waals surface area contributed by atoms with Gasteiger partial charge in [0.1, 0.15) is 11.7 Å². The zero-order chi connectivity index (χ0) is 20.8. The standard InChI is InChI=1S/C23H29FN4O/c1-4-28(5-2)12-6-11-25-21-10-8-18(13-16(21)3)26-15-20-19-9-7-17(24)14-22(19)27-23(20)29/h7-10,13-15,20,25H,4-6,11-12H2,1-3H3,(H,27,29). The summed E-state index contributed by atoms with van der Waals surface area (Å²) in [5.41, 5.74) is 4.28. The van der Waals surface area contributed by atoms with Gasteiger partial charge in [0.15, 0.2) is 0 Å². The number of anilines is 2. The summed E-state index contributed by atoms with van der Waals surface area (Å²) >= 11 is 0. The van der Waals surface area contributed by atoms with E-state index < -0.39 is 5.92 Å². The molecule has 6 heteroatoms. The number of aryl methyl sites for hydroxylation is 1. The van der Waals surface area contributed by atoms with Crippen LogP contribution in [-0.2, 0) is 4.79 Å². The topological polar surface area (TPSA) is 56.7 Å². The van der Waals surface area contributed by atoms with E-state index in [-0.39, 0.29) is 11.7 Å². The summed E-state index contributed by atoms with van der Waals surface area (Å²) in [4.78, 5) is 19.1. The zero-order valence-electron chi connectivity index (χ0n) is 17.3. The van der Waals surface area contributed by atoms with Crippen LogP contribution in [0, 0.1) is 12.7 Å². The van der Waals surface area contributed by atoms with Crippen molar-refractivity contribution in [1.29, 1.82) is 0 Å². The highest BCUT2D eigenvalue weighted by Gasteiger charge is 2.29. The van der Waals surface area contributed by atoms with Crippen LogP contribution in [0.5, 0.6) is 0 Å². The Bertz CT molecular complexity index is 892. The highest BCUT2D eigenvalue weighted by atomic mass is 19.1. The van der Waals surface area contributed by atoms with Gasteiger partial charge in [0.25, 0.3) is 0 Å². The van der Waals surface area contributed by atoms with Crippen molar-refractivity contribution in [2.24, 2.45) is 4.99 Å². The summed E-state index contributed by atoms with van der Waals surface area (Å²) in [6, 6.07) is 10.3. The molecule has 29 heavy (non-hydrogen) atoms. The summed E-state index contributed by atoms with van der Waals surface area (Å²) in [6.45, 7) is 10.6. The Hall–Kier alpha value is -2.73. The number of amides is 1. The highest BCUT2D eigenvalue weighted by molar-refractivity contribution is 6.12. The van der Waals surface area contributed by atoms with E-state index in [1.807, 2.05) is 25.1 Å². The fraction of sp³-hybridized carbons (Fsp3) is 0.391. The normalized spacial score (nSPS) is 15.8. The van der Waals surface area contributed by atoms with Gasteiger partial charge in [-0.05, 0) is 74.4 Å². The molecule has 0 aliphatic carbocycles. The zero-order valence-corrected chi connectivity index (χ0v) is 17.3. The highest BCUT2D eigenvalue weighted by Crippen LogP contribution is 2.32. The Morgan fingerprint density at radius 3 is 2.72 bits per heavy atom. The number of aliphatic imine (C=N–C) groups is 1. The van der Waals surface area contributed by atoms with Crippen LogP contribution in [0.3, 0.4) is 0 Å². The number of hydrogen-bond acceptors (Lipinski definition) is 4. The van der Waals surface area contributed by atoms with Crippen LogP contribution in [0.25, 0.3) is 0 Å². The number of halogens is 1. The average molecular weight is 397 g/mol. The van der Waals surface area contributed by atoms with Gasteiger partial charge in [-0.25, -0.2) is 4.39 Å². The predicted octanol–water partition coefficient (Wildman–Crippen LogP) is 4.72. The number of hydrogen-bond donors (Lipinski definition) is 2. The van der Waals surface area contributed by atoms with Crippen molar-refractivity contribution in [3.05, 3.63) is 53.3 Å². The van der Waals surface area contributed by atoms with Crippen LogP contribution in [0.2, 0.25) is 0 Å². The lowest BCUT2D eigenvalue weighted by Crippen LogP contribution is -2.25. The minimum Gasteiger partial charge on any atom is -0.385 e. The lowest BCUT2D eigenvalue weighted by atomic mass is 10.0. The number of nitrogens with one attached hydrogen (secondary N) is 2. The molecule has 1 unspecified atom stereocenters. The van der Waals surface area contributed by atoms with Crippen molar-refractivity contribution in [3.8, 4) is 0 Å². The van der Waals surface area contributed by atoms with Crippen molar-refractivity contribution >= 4 is 29.2 Å². The maximum Gasteiger partial charge on any atom is 0.237 e. The number of fused-ring (bicyclic) bond motifs is 1. The van der Waals surface area contributed by atoms with Crippen LogP contribution in [0.15, 0.2) is 41.4 Å². The quantitative estimate of drug-likeness (QED) is 0.476. The van der Waals surface area contributed by atoms with E-state index >= 15 is 0 Å².